The molecule has 3 aliphatic rings. The van der Waals surface area contributed by atoms with Gasteiger partial charge >= 0.3 is 0 Å². The SMILES string of the molecule is C=C1CO[C@]2(OC)C[C@H](C)C3=C(CC(C)(C)C3)[C@]12O. The molecule has 1 aliphatic heterocycles. The highest BCUT2D eigenvalue weighted by Crippen LogP contribution is 2.60. The Balaban J connectivity index is 2.16. The van der Waals surface area contributed by atoms with E-state index in [0.29, 0.717) is 18.9 Å². The minimum Gasteiger partial charge on any atom is -0.375 e. The number of rotatable bonds is 1. The van der Waals surface area contributed by atoms with Gasteiger partial charge in [0.25, 0.3) is 0 Å². The second-order valence-electron chi connectivity index (χ2n) is 7.19. The van der Waals surface area contributed by atoms with Gasteiger partial charge in [0.1, 0.15) is 0 Å². The van der Waals surface area contributed by atoms with E-state index >= 15 is 0 Å². The zero-order valence-corrected chi connectivity index (χ0v) is 12.4. The lowest BCUT2D eigenvalue weighted by atomic mass is 9.69. The van der Waals surface area contributed by atoms with Crippen LogP contribution < -0.4 is 0 Å². The third-order valence-electron chi connectivity index (χ3n) is 5.19. The van der Waals surface area contributed by atoms with E-state index in [4.69, 9.17) is 9.47 Å². The van der Waals surface area contributed by atoms with E-state index in [1.54, 1.807) is 7.11 Å². The van der Waals surface area contributed by atoms with Gasteiger partial charge in [0.05, 0.1) is 6.61 Å². The van der Waals surface area contributed by atoms with Crippen molar-refractivity contribution in [3.8, 4) is 0 Å². The smallest absolute Gasteiger partial charge is 0.206 e. The molecule has 0 bridgehead atoms. The Kier molecular flexibility index (Phi) is 2.61. The van der Waals surface area contributed by atoms with Crippen molar-refractivity contribution < 1.29 is 14.6 Å². The fourth-order valence-electron chi connectivity index (χ4n) is 4.26. The minimum atomic E-state index is -1.13. The predicted octanol–water partition coefficient (Wildman–Crippen LogP) is 2.80. The van der Waals surface area contributed by atoms with Crippen LogP contribution in [0.2, 0.25) is 0 Å². The van der Waals surface area contributed by atoms with Crippen LogP contribution in [-0.2, 0) is 9.47 Å². The molecule has 3 rings (SSSR count). The summed E-state index contributed by atoms with van der Waals surface area (Å²) in [6, 6.07) is 0. The van der Waals surface area contributed by atoms with Crippen molar-refractivity contribution >= 4 is 0 Å². The molecule has 0 saturated carbocycles. The molecule has 3 atom stereocenters. The maximum absolute atomic E-state index is 11.3. The largest absolute Gasteiger partial charge is 0.375 e. The Morgan fingerprint density at radius 3 is 2.68 bits per heavy atom. The quantitative estimate of drug-likeness (QED) is 0.740. The van der Waals surface area contributed by atoms with Gasteiger partial charge in [-0.1, -0.05) is 32.9 Å². The monoisotopic (exact) mass is 264 g/mol. The first-order valence-electron chi connectivity index (χ1n) is 7.08. The minimum absolute atomic E-state index is 0.210. The molecule has 106 valence electrons. The third-order valence-corrected chi connectivity index (χ3v) is 5.19. The molecular weight excluding hydrogens is 240 g/mol. The molecule has 1 fully saturated rings. The molecule has 1 heterocycles. The van der Waals surface area contributed by atoms with Crippen molar-refractivity contribution in [3.63, 3.8) is 0 Å². The van der Waals surface area contributed by atoms with Crippen molar-refractivity contribution in [1.82, 2.24) is 0 Å². The first-order valence-corrected chi connectivity index (χ1v) is 7.08. The Bertz CT molecular complexity index is 476. The number of aliphatic hydroxyl groups is 1. The lowest BCUT2D eigenvalue weighted by Gasteiger charge is -2.46. The van der Waals surface area contributed by atoms with Crippen LogP contribution in [0.1, 0.15) is 40.0 Å². The fraction of sp³-hybridized carbons (Fsp3) is 0.750. The molecule has 0 amide bonds. The Labute approximate surface area is 115 Å². The Morgan fingerprint density at radius 1 is 1.37 bits per heavy atom. The molecular formula is C16H24O3. The predicted molar refractivity (Wildman–Crippen MR) is 73.6 cm³/mol. The number of ether oxygens (including phenoxy) is 2. The average molecular weight is 264 g/mol. The van der Waals surface area contributed by atoms with E-state index in [2.05, 4.69) is 27.4 Å². The van der Waals surface area contributed by atoms with Gasteiger partial charge in [-0.15, -0.1) is 0 Å². The highest BCUT2D eigenvalue weighted by atomic mass is 16.7. The maximum atomic E-state index is 11.3. The van der Waals surface area contributed by atoms with Crippen LogP contribution >= 0.6 is 0 Å². The molecule has 2 aliphatic carbocycles. The van der Waals surface area contributed by atoms with Crippen LogP contribution in [0.25, 0.3) is 0 Å². The summed E-state index contributed by atoms with van der Waals surface area (Å²) in [4.78, 5) is 0. The van der Waals surface area contributed by atoms with E-state index in [-0.39, 0.29) is 5.41 Å². The molecule has 0 unspecified atom stereocenters. The van der Waals surface area contributed by atoms with Crippen LogP contribution in [0.4, 0.5) is 0 Å². The molecule has 0 spiro atoms. The van der Waals surface area contributed by atoms with Crippen LogP contribution in [0.5, 0.6) is 0 Å². The summed E-state index contributed by atoms with van der Waals surface area (Å²) in [5.41, 5.74) is 2.33. The van der Waals surface area contributed by atoms with Crippen molar-refractivity contribution in [1.29, 1.82) is 0 Å². The summed E-state index contributed by atoms with van der Waals surface area (Å²) in [6.45, 7) is 11.2. The van der Waals surface area contributed by atoms with E-state index in [9.17, 15) is 5.11 Å². The number of allylic oxidation sites excluding steroid dienone is 1. The van der Waals surface area contributed by atoms with Gasteiger partial charge in [-0.25, -0.2) is 0 Å². The zero-order chi connectivity index (χ0) is 14.1. The van der Waals surface area contributed by atoms with Crippen molar-refractivity contribution in [3.05, 3.63) is 23.3 Å². The average Bonchev–Trinajstić information content (AvgIpc) is 2.79. The molecule has 19 heavy (non-hydrogen) atoms. The highest BCUT2D eigenvalue weighted by Gasteiger charge is 2.65. The molecule has 0 aromatic rings. The van der Waals surface area contributed by atoms with Gasteiger partial charge in [0.2, 0.25) is 5.79 Å². The van der Waals surface area contributed by atoms with Gasteiger partial charge in [-0.2, -0.15) is 0 Å². The zero-order valence-electron chi connectivity index (χ0n) is 12.4. The first-order chi connectivity index (χ1) is 8.76. The van der Waals surface area contributed by atoms with E-state index in [0.717, 1.165) is 24.0 Å². The van der Waals surface area contributed by atoms with E-state index in [1.165, 1.54) is 5.57 Å². The Morgan fingerprint density at radius 2 is 2.05 bits per heavy atom. The van der Waals surface area contributed by atoms with E-state index in [1.807, 2.05) is 0 Å². The number of hydrogen-bond acceptors (Lipinski definition) is 3. The first kappa shape index (κ1) is 13.3. The molecule has 0 aromatic carbocycles. The number of fused-ring (bicyclic) bond motifs is 2. The molecule has 3 heteroatoms. The third kappa shape index (κ3) is 1.49. The van der Waals surface area contributed by atoms with Crippen LogP contribution in [0, 0.1) is 11.3 Å². The Hall–Kier alpha value is -0.640. The van der Waals surface area contributed by atoms with Crippen molar-refractivity contribution in [2.45, 2.75) is 51.4 Å². The summed E-state index contributed by atoms with van der Waals surface area (Å²) in [7, 11) is 1.63. The van der Waals surface area contributed by atoms with Gasteiger partial charge < -0.3 is 14.6 Å². The van der Waals surface area contributed by atoms with Gasteiger partial charge in [-0.05, 0) is 35.3 Å². The maximum Gasteiger partial charge on any atom is 0.206 e. The summed E-state index contributed by atoms with van der Waals surface area (Å²) < 4.78 is 11.5. The summed E-state index contributed by atoms with van der Waals surface area (Å²) in [6.07, 6.45) is 2.66. The number of hydrogen-bond donors (Lipinski definition) is 1. The molecule has 0 aromatic heterocycles. The van der Waals surface area contributed by atoms with Gasteiger partial charge in [-0.3, -0.25) is 0 Å². The second-order valence-corrected chi connectivity index (χ2v) is 7.19. The topological polar surface area (TPSA) is 38.7 Å². The van der Waals surface area contributed by atoms with Crippen molar-refractivity contribution in [2.75, 3.05) is 13.7 Å². The summed E-state index contributed by atoms with van der Waals surface area (Å²) >= 11 is 0. The molecule has 1 N–H and O–H groups in total. The fourth-order valence-corrected chi connectivity index (χ4v) is 4.26. The normalized spacial score (nSPS) is 44.5. The highest BCUT2D eigenvalue weighted by molar-refractivity contribution is 5.47. The summed E-state index contributed by atoms with van der Waals surface area (Å²) in [5, 5.41) is 11.3. The van der Waals surface area contributed by atoms with Crippen LogP contribution in [0.15, 0.2) is 23.3 Å². The van der Waals surface area contributed by atoms with Gasteiger partial charge in [0, 0.05) is 13.5 Å². The molecule has 1 saturated heterocycles. The number of methoxy groups -OCH3 is 1. The lowest BCUT2D eigenvalue weighted by molar-refractivity contribution is -0.267. The summed E-state index contributed by atoms with van der Waals surface area (Å²) in [5.74, 6) is -0.536. The molecule has 3 nitrogen and oxygen atoms in total. The van der Waals surface area contributed by atoms with Crippen LogP contribution in [-0.4, -0.2) is 30.2 Å². The second kappa shape index (κ2) is 3.72. The van der Waals surface area contributed by atoms with E-state index < -0.39 is 11.4 Å². The van der Waals surface area contributed by atoms with Crippen molar-refractivity contribution in [2.24, 2.45) is 11.3 Å². The lowest BCUT2D eigenvalue weighted by Crippen LogP contribution is -2.57. The molecule has 0 radical (unpaired) electrons. The van der Waals surface area contributed by atoms with Gasteiger partial charge in [0.15, 0.2) is 5.60 Å². The standard InChI is InChI=1S/C16H24O3/c1-10-6-15(18-5)16(17,11(2)9-19-15)13-8-14(3,4)7-12(10)13/h10,17H,2,6-9H2,1,3-5H3/t10-,15+,16+/m0/s1. The van der Waals surface area contributed by atoms with Crippen LogP contribution in [0.3, 0.4) is 0 Å².